The molecule has 1 N–H and O–H groups in total. The zero-order valence-corrected chi connectivity index (χ0v) is 10.1. The lowest BCUT2D eigenvalue weighted by Gasteiger charge is -2.00. The van der Waals surface area contributed by atoms with Gasteiger partial charge >= 0.3 is 5.97 Å². The van der Waals surface area contributed by atoms with Crippen molar-refractivity contribution in [2.75, 3.05) is 0 Å². The predicted molar refractivity (Wildman–Crippen MR) is 71.6 cm³/mol. The molecule has 2 rings (SSSR count). The third kappa shape index (κ3) is 2.96. The number of halogens is 1. The Morgan fingerprint density at radius 3 is 2.61 bits per heavy atom. The second kappa shape index (κ2) is 5.47. The van der Waals surface area contributed by atoms with Crippen LogP contribution in [0.1, 0.15) is 21.6 Å². The molecule has 1 aromatic heterocycles. The Labute approximate surface area is 109 Å². The van der Waals surface area contributed by atoms with Gasteiger partial charge in [0.05, 0.1) is 16.3 Å². The standard InChI is InChI=1S/C14H10ClNO2/c15-11-8-12(14(17)18)13(16-9-11)7-6-10-4-2-1-3-5-10/h1-9H,(H,17,18)/b7-6+. The SMILES string of the molecule is O=C(O)c1cc(Cl)cnc1/C=C/c1ccccc1. The van der Waals surface area contributed by atoms with Crippen molar-refractivity contribution in [3.05, 3.63) is 64.4 Å². The van der Waals surface area contributed by atoms with E-state index in [0.29, 0.717) is 10.7 Å². The first-order chi connectivity index (χ1) is 8.66. The summed E-state index contributed by atoms with van der Waals surface area (Å²) in [5.41, 5.74) is 1.45. The number of aromatic nitrogens is 1. The van der Waals surface area contributed by atoms with Crippen molar-refractivity contribution < 1.29 is 9.90 Å². The predicted octanol–water partition coefficient (Wildman–Crippen LogP) is 3.60. The molecule has 0 saturated heterocycles. The van der Waals surface area contributed by atoms with Gasteiger partial charge in [-0.1, -0.05) is 48.0 Å². The third-order valence-electron chi connectivity index (χ3n) is 2.35. The van der Waals surface area contributed by atoms with Gasteiger partial charge in [-0.25, -0.2) is 4.79 Å². The smallest absolute Gasteiger partial charge is 0.337 e. The molecule has 90 valence electrons. The Balaban J connectivity index is 2.35. The summed E-state index contributed by atoms with van der Waals surface area (Å²) in [5.74, 6) is -1.04. The van der Waals surface area contributed by atoms with Gasteiger partial charge in [0.1, 0.15) is 0 Å². The van der Waals surface area contributed by atoms with Crippen molar-refractivity contribution in [2.45, 2.75) is 0 Å². The van der Waals surface area contributed by atoms with Gasteiger partial charge in [-0.15, -0.1) is 0 Å². The van der Waals surface area contributed by atoms with E-state index < -0.39 is 5.97 Å². The van der Waals surface area contributed by atoms with Crippen LogP contribution >= 0.6 is 11.6 Å². The molecule has 0 amide bonds. The second-order valence-electron chi connectivity index (χ2n) is 3.64. The fourth-order valence-electron chi connectivity index (χ4n) is 1.49. The number of carboxylic acid groups (broad SMARTS) is 1. The minimum absolute atomic E-state index is 0.0923. The van der Waals surface area contributed by atoms with Crippen molar-refractivity contribution in [1.82, 2.24) is 4.98 Å². The topological polar surface area (TPSA) is 50.2 Å². The molecule has 0 aliphatic heterocycles. The van der Waals surface area contributed by atoms with Crippen molar-refractivity contribution in [2.24, 2.45) is 0 Å². The van der Waals surface area contributed by atoms with Crippen LogP contribution in [-0.2, 0) is 0 Å². The summed E-state index contributed by atoms with van der Waals surface area (Å²) in [7, 11) is 0. The van der Waals surface area contributed by atoms with Crippen molar-refractivity contribution in [3.63, 3.8) is 0 Å². The number of carboxylic acids is 1. The van der Waals surface area contributed by atoms with E-state index in [-0.39, 0.29) is 5.56 Å². The Kier molecular flexibility index (Phi) is 3.75. The van der Waals surface area contributed by atoms with E-state index in [2.05, 4.69) is 4.98 Å². The fraction of sp³-hybridized carbons (Fsp3) is 0. The van der Waals surface area contributed by atoms with Gasteiger partial charge in [-0.3, -0.25) is 4.98 Å². The average Bonchev–Trinajstić information content (AvgIpc) is 2.38. The summed E-state index contributed by atoms with van der Waals surface area (Å²) >= 11 is 5.73. The van der Waals surface area contributed by atoms with Crippen LogP contribution in [0.3, 0.4) is 0 Å². The number of rotatable bonds is 3. The molecule has 0 bridgehead atoms. The molecule has 0 saturated carbocycles. The first-order valence-corrected chi connectivity index (χ1v) is 5.66. The Bertz CT molecular complexity index is 594. The van der Waals surface area contributed by atoms with E-state index in [1.807, 2.05) is 36.4 Å². The van der Waals surface area contributed by atoms with E-state index in [4.69, 9.17) is 16.7 Å². The fourth-order valence-corrected chi connectivity index (χ4v) is 1.65. The number of hydrogen-bond donors (Lipinski definition) is 1. The number of aromatic carboxylic acids is 1. The Morgan fingerprint density at radius 1 is 1.22 bits per heavy atom. The Morgan fingerprint density at radius 2 is 1.94 bits per heavy atom. The van der Waals surface area contributed by atoms with E-state index in [0.717, 1.165) is 5.56 Å². The molecular formula is C14H10ClNO2. The number of carbonyl (C=O) groups is 1. The molecule has 0 aliphatic carbocycles. The van der Waals surface area contributed by atoms with Crippen LogP contribution in [0, 0.1) is 0 Å². The molecule has 1 aromatic carbocycles. The van der Waals surface area contributed by atoms with Crippen molar-refractivity contribution in [1.29, 1.82) is 0 Å². The molecule has 0 radical (unpaired) electrons. The largest absolute Gasteiger partial charge is 0.478 e. The van der Waals surface area contributed by atoms with Crippen molar-refractivity contribution in [3.8, 4) is 0 Å². The highest BCUT2D eigenvalue weighted by molar-refractivity contribution is 6.30. The second-order valence-corrected chi connectivity index (χ2v) is 4.07. The minimum atomic E-state index is -1.04. The molecule has 4 heteroatoms. The maximum Gasteiger partial charge on any atom is 0.337 e. The molecule has 0 unspecified atom stereocenters. The van der Waals surface area contributed by atoms with Crippen molar-refractivity contribution >= 4 is 29.7 Å². The highest BCUT2D eigenvalue weighted by Crippen LogP contribution is 2.16. The van der Waals surface area contributed by atoms with Gasteiger partial charge in [-0.05, 0) is 17.7 Å². The van der Waals surface area contributed by atoms with Crippen LogP contribution in [0.25, 0.3) is 12.2 Å². The molecule has 0 aliphatic rings. The zero-order chi connectivity index (χ0) is 13.0. The normalized spacial score (nSPS) is 10.7. The minimum Gasteiger partial charge on any atom is -0.478 e. The van der Waals surface area contributed by atoms with Crippen LogP contribution in [0.2, 0.25) is 5.02 Å². The lowest BCUT2D eigenvalue weighted by atomic mass is 10.1. The molecular weight excluding hydrogens is 250 g/mol. The summed E-state index contributed by atoms with van der Waals surface area (Å²) in [6.07, 6.45) is 4.90. The maximum atomic E-state index is 11.1. The highest BCUT2D eigenvalue weighted by atomic mass is 35.5. The number of pyridine rings is 1. The van der Waals surface area contributed by atoms with Gasteiger partial charge in [0.15, 0.2) is 0 Å². The van der Waals surface area contributed by atoms with E-state index in [9.17, 15) is 4.79 Å². The molecule has 0 fully saturated rings. The van der Waals surface area contributed by atoms with Crippen LogP contribution in [-0.4, -0.2) is 16.1 Å². The third-order valence-corrected chi connectivity index (χ3v) is 2.56. The average molecular weight is 260 g/mol. The van der Waals surface area contributed by atoms with Crippen LogP contribution in [0.5, 0.6) is 0 Å². The monoisotopic (exact) mass is 259 g/mol. The van der Waals surface area contributed by atoms with Crippen LogP contribution in [0.4, 0.5) is 0 Å². The lowest BCUT2D eigenvalue weighted by molar-refractivity contribution is 0.0696. The molecule has 2 aromatic rings. The maximum absolute atomic E-state index is 11.1. The number of hydrogen-bond acceptors (Lipinski definition) is 2. The van der Waals surface area contributed by atoms with Gasteiger partial charge in [-0.2, -0.15) is 0 Å². The number of nitrogens with zero attached hydrogens (tertiary/aromatic N) is 1. The summed E-state index contributed by atoms with van der Waals surface area (Å²) in [6, 6.07) is 11.0. The summed E-state index contributed by atoms with van der Waals surface area (Å²) in [6.45, 7) is 0. The number of benzene rings is 1. The molecule has 18 heavy (non-hydrogen) atoms. The quantitative estimate of drug-likeness (QED) is 0.916. The molecule has 3 nitrogen and oxygen atoms in total. The molecule has 0 spiro atoms. The zero-order valence-electron chi connectivity index (χ0n) is 9.38. The Hall–Kier alpha value is -2.13. The highest BCUT2D eigenvalue weighted by Gasteiger charge is 2.09. The lowest BCUT2D eigenvalue weighted by Crippen LogP contribution is -2.01. The van der Waals surface area contributed by atoms with E-state index >= 15 is 0 Å². The summed E-state index contributed by atoms with van der Waals surface area (Å²) < 4.78 is 0. The molecule has 1 heterocycles. The van der Waals surface area contributed by atoms with E-state index in [1.54, 1.807) is 6.08 Å². The summed E-state index contributed by atoms with van der Waals surface area (Å²) in [4.78, 5) is 15.1. The summed E-state index contributed by atoms with van der Waals surface area (Å²) in [5, 5.41) is 9.36. The van der Waals surface area contributed by atoms with Gasteiger partial charge in [0.2, 0.25) is 0 Å². The van der Waals surface area contributed by atoms with E-state index in [1.165, 1.54) is 12.3 Å². The van der Waals surface area contributed by atoms with Gasteiger partial charge in [0.25, 0.3) is 0 Å². The first-order valence-electron chi connectivity index (χ1n) is 5.29. The van der Waals surface area contributed by atoms with Crippen LogP contribution in [0.15, 0.2) is 42.6 Å². The van der Waals surface area contributed by atoms with Gasteiger partial charge in [0, 0.05) is 6.20 Å². The first kappa shape index (κ1) is 12.3. The van der Waals surface area contributed by atoms with Gasteiger partial charge < -0.3 is 5.11 Å². The molecule has 0 atom stereocenters. The van der Waals surface area contributed by atoms with Crippen LogP contribution < -0.4 is 0 Å².